The highest BCUT2D eigenvalue weighted by Gasteiger charge is 2.21. The first kappa shape index (κ1) is 29.9. The molecular weight excluding hydrogens is 554 g/mol. The van der Waals surface area contributed by atoms with Crippen molar-refractivity contribution in [3.63, 3.8) is 0 Å². The topological polar surface area (TPSA) is 94.1 Å². The molecule has 222 valence electrons. The average Bonchev–Trinajstić information content (AvgIpc) is 3.07. The highest BCUT2D eigenvalue weighted by atomic mass is 16.5. The van der Waals surface area contributed by atoms with E-state index in [0.717, 1.165) is 28.0 Å². The molecule has 0 heterocycles. The highest BCUT2D eigenvalue weighted by Crippen LogP contribution is 2.19. The smallest absolute Gasteiger partial charge is 0.326 e. The minimum Gasteiger partial charge on any atom is -0.489 e. The zero-order valence-corrected chi connectivity index (χ0v) is 24.1. The lowest BCUT2D eigenvalue weighted by atomic mass is 10.1. The SMILES string of the molecule is O=C(NC(Cc1ccc(OCc2ccccc2)cc1)C(=O)O)c1cccc(OCc2ccc(OCc3ccccc3)cc2)c1. The van der Waals surface area contributed by atoms with E-state index in [1.165, 1.54) is 0 Å². The molecule has 0 saturated heterocycles. The molecule has 0 radical (unpaired) electrons. The van der Waals surface area contributed by atoms with Crippen LogP contribution in [0.5, 0.6) is 17.2 Å². The molecule has 1 amide bonds. The Bertz CT molecular complexity index is 1640. The molecule has 7 heteroatoms. The van der Waals surface area contributed by atoms with Gasteiger partial charge < -0.3 is 24.6 Å². The van der Waals surface area contributed by atoms with Crippen LogP contribution in [0.3, 0.4) is 0 Å². The Labute approximate surface area is 256 Å². The summed E-state index contributed by atoms with van der Waals surface area (Å²) in [4.78, 5) is 25.0. The van der Waals surface area contributed by atoms with Crippen molar-refractivity contribution in [2.75, 3.05) is 0 Å². The molecule has 0 aromatic heterocycles. The fourth-order valence-electron chi connectivity index (χ4n) is 4.46. The number of carboxylic acids is 1. The number of carbonyl (C=O) groups excluding carboxylic acids is 1. The van der Waals surface area contributed by atoms with Crippen LogP contribution in [0.25, 0.3) is 0 Å². The first-order valence-corrected chi connectivity index (χ1v) is 14.3. The molecule has 5 aromatic rings. The molecule has 5 aromatic carbocycles. The van der Waals surface area contributed by atoms with Crippen LogP contribution in [0.1, 0.15) is 32.6 Å². The number of benzene rings is 5. The van der Waals surface area contributed by atoms with Crippen LogP contribution in [0.4, 0.5) is 0 Å². The maximum atomic E-state index is 13.0. The van der Waals surface area contributed by atoms with Crippen molar-refractivity contribution in [2.45, 2.75) is 32.3 Å². The number of hydrogen-bond donors (Lipinski definition) is 2. The molecule has 0 aliphatic carbocycles. The fourth-order valence-corrected chi connectivity index (χ4v) is 4.46. The summed E-state index contributed by atoms with van der Waals surface area (Å²) in [5, 5.41) is 12.4. The minimum atomic E-state index is -1.12. The number of hydrogen-bond acceptors (Lipinski definition) is 5. The van der Waals surface area contributed by atoms with Gasteiger partial charge in [-0.2, -0.15) is 0 Å². The van der Waals surface area contributed by atoms with Crippen LogP contribution in [0.15, 0.2) is 133 Å². The molecule has 0 aliphatic rings. The summed E-state index contributed by atoms with van der Waals surface area (Å²) in [6.45, 7) is 1.23. The van der Waals surface area contributed by atoms with Gasteiger partial charge in [-0.1, -0.05) is 91.0 Å². The van der Waals surface area contributed by atoms with Gasteiger partial charge >= 0.3 is 5.97 Å². The lowest BCUT2D eigenvalue weighted by Gasteiger charge is -2.16. The van der Waals surface area contributed by atoms with Gasteiger partial charge in [0.15, 0.2) is 0 Å². The number of ether oxygens (including phenoxy) is 3. The third-order valence-electron chi connectivity index (χ3n) is 6.89. The Hall–Kier alpha value is -5.56. The van der Waals surface area contributed by atoms with E-state index in [2.05, 4.69) is 5.32 Å². The maximum absolute atomic E-state index is 13.0. The van der Waals surface area contributed by atoms with Crippen molar-refractivity contribution >= 4 is 11.9 Å². The van der Waals surface area contributed by atoms with Gasteiger partial charge in [-0.3, -0.25) is 4.79 Å². The molecule has 0 bridgehead atoms. The molecule has 0 aliphatic heterocycles. The molecule has 1 atom stereocenters. The van der Waals surface area contributed by atoms with Gasteiger partial charge in [-0.05, 0) is 64.7 Å². The number of aliphatic carboxylic acids is 1. The Kier molecular flexibility index (Phi) is 10.2. The van der Waals surface area contributed by atoms with Crippen molar-refractivity contribution in [3.8, 4) is 17.2 Å². The summed E-state index contributed by atoms with van der Waals surface area (Å²) in [6.07, 6.45) is 0.126. The Morgan fingerprint density at radius 1 is 0.545 bits per heavy atom. The van der Waals surface area contributed by atoms with Crippen LogP contribution in [-0.2, 0) is 31.0 Å². The van der Waals surface area contributed by atoms with Gasteiger partial charge in [0.2, 0.25) is 0 Å². The number of carboxylic acid groups (broad SMARTS) is 1. The van der Waals surface area contributed by atoms with Crippen LogP contribution in [0.2, 0.25) is 0 Å². The van der Waals surface area contributed by atoms with Crippen molar-refractivity contribution in [3.05, 3.63) is 161 Å². The molecule has 7 nitrogen and oxygen atoms in total. The largest absolute Gasteiger partial charge is 0.489 e. The van der Waals surface area contributed by atoms with Gasteiger partial charge in [0, 0.05) is 12.0 Å². The lowest BCUT2D eigenvalue weighted by molar-refractivity contribution is -0.139. The average molecular weight is 588 g/mol. The third-order valence-corrected chi connectivity index (χ3v) is 6.89. The fraction of sp³-hybridized carbons (Fsp3) is 0.135. The predicted molar refractivity (Wildman–Crippen MR) is 168 cm³/mol. The normalized spacial score (nSPS) is 11.3. The van der Waals surface area contributed by atoms with E-state index in [0.29, 0.717) is 36.9 Å². The van der Waals surface area contributed by atoms with Crippen LogP contribution < -0.4 is 19.5 Å². The monoisotopic (exact) mass is 587 g/mol. The van der Waals surface area contributed by atoms with E-state index in [1.54, 1.807) is 48.5 Å². The predicted octanol–water partition coefficient (Wildman–Crippen LogP) is 6.85. The molecule has 0 saturated carbocycles. The molecular formula is C37H33NO6. The van der Waals surface area contributed by atoms with Gasteiger partial charge in [-0.25, -0.2) is 4.79 Å². The molecule has 5 rings (SSSR count). The summed E-state index contributed by atoms with van der Waals surface area (Å²) in [5.74, 6) is 0.325. The molecule has 0 spiro atoms. The second-order valence-electron chi connectivity index (χ2n) is 10.2. The molecule has 0 fully saturated rings. The Balaban J connectivity index is 1.11. The van der Waals surface area contributed by atoms with Crippen molar-refractivity contribution < 1.29 is 28.9 Å². The summed E-state index contributed by atoms with van der Waals surface area (Å²) >= 11 is 0. The Morgan fingerprint density at radius 3 is 1.55 bits per heavy atom. The van der Waals surface area contributed by atoms with Gasteiger partial charge in [-0.15, -0.1) is 0 Å². The lowest BCUT2D eigenvalue weighted by Crippen LogP contribution is -2.42. The van der Waals surface area contributed by atoms with E-state index in [1.807, 2.05) is 84.9 Å². The van der Waals surface area contributed by atoms with E-state index < -0.39 is 17.9 Å². The number of amides is 1. The highest BCUT2D eigenvalue weighted by molar-refractivity contribution is 5.97. The minimum absolute atomic E-state index is 0.126. The number of nitrogens with one attached hydrogen (secondary N) is 1. The maximum Gasteiger partial charge on any atom is 0.326 e. The molecule has 44 heavy (non-hydrogen) atoms. The van der Waals surface area contributed by atoms with Gasteiger partial charge in [0.05, 0.1) is 0 Å². The first-order valence-electron chi connectivity index (χ1n) is 14.3. The van der Waals surface area contributed by atoms with Crippen molar-refractivity contribution in [2.24, 2.45) is 0 Å². The quantitative estimate of drug-likeness (QED) is 0.148. The summed E-state index contributed by atoms with van der Waals surface area (Å²) < 4.78 is 17.6. The second kappa shape index (κ2) is 15.1. The summed E-state index contributed by atoms with van der Waals surface area (Å²) in [6, 6.07) is 40.2. The van der Waals surface area contributed by atoms with E-state index in [4.69, 9.17) is 14.2 Å². The summed E-state index contributed by atoms with van der Waals surface area (Å²) in [7, 11) is 0. The van der Waals surface area contributed by atoms with E-state index in [-0.39, 0.29) is 6.42 Å². The van der Waals surface area contributed by atoms with Crippen LogP contribution >= 0.6 is 0 Å². The van der Waals surface area contributed by atoms with E-state index >= 15 is 0 Å². The van der Waals surface area contributed by atoms with Crippen molar-refractivity contribution in [1.82, 2.24) is 5.32 Å². The molecule has 1 unspecified atom stereocenters. The first-order chi connectivity index (χ1) is 21.5. The number of rotatable bonds is 14. The second-order valence-corrected chi connectivity index (χ2v) is 10.2. The summed E-state index contributed by atoms with van der Waals surface area (Å²) in [5.41, 5.74) is 4.16. The zero-order chi connectivity index (χ0) is 30.6. The van der Waals surface area contributed by atoms with Crippen molar-refractivity contribution in [1.29, 1.82) is 0 Å². The van der Waals surface area contributed by atoms with Crippen LogP contribution in [0, 0.1) is 0 Å². The van der Waals surface area contributed by atoms with Crippen LogP contribution in [-0.4, -0.2) is 23.0 Å². The van der Waals surface area contributed by atoms with E-state index in [9.17, 15) is 14.7 Å². The Morgan fingerprint density at radius 2 is 1.02 bits per heavy atom. The van der Waals surface area contributed by atoms with Gasteiger partial charge in [0.25, 0.3) is 5.91 Å². The third kappa shape index (κ3) is 8.97. The standard InChI is InChI=1S/C37H33NO6/c39-36(38-35(37(40)41)22-27-14-18-32(19-15-27)42-24-28-8-3-1-4-9-28)31-12-7-13-34(23-31)44-26-30-16-20-33(21-17-30)43-25-29-10-5-2-6-11-29/h1-21,23,35H,22,24-26H2,(H,38,39)(H,40,41). The molecule has 2 N–H and O–H groups in total. The number of carbonyl (C=O) groups is 2. The zero-order valence-electron chi connectivity index (χ0n) is 24.1. The van der Waals surface area contributed by atoms with Gasteiger partial charge in [0.1, 0.15) is 43.1 Å².